The molecule has 41 heavy (non-hydrogen) atoms. The molecule has 0 saturated carbocycles. The highest BCUT2D eigenvalue weighted by molar-refractivity contribution is 7.88. The molecule has 2 atom stereocenters. The fourth-order valence-corrected chi connectivity index (χ4v) is 6.25. The third-order valence-electron chi connectivity index (χ3n) is 7.42. The number of nitrogens with one attached hydrogen (secondary N) is 1. The van der Waals surface area contributed by atoms with Gasteiger partial charge >= 0.3 is 6.18 Å². The average Bonchev–Trinajstić information content (AvgIpc) is 3.43. The maximum atomic E-state index is 13.9. The van der Waals surface area contributed by atoms with E-state index in [1.54, 1.807) is 4.68 Å². The lowest BCUT2D eigenvalue weighted by Crippen LogP contribution is -2.37. The molecule has 2 aromatic rings. The van der Waals surface area contributed by atoms with Gasteiger partial charge < -0.3 is 15.5 Å². The second-order valence-corrected chi connectivity index (χ2v) is 13.4. The van der Waals surface area contributed by atoms with Crippen LogP contribution in [-0.2, 0) is 47.0 Å². The van der Waals surface area contributed by atoms with Crippen LogP contribution in [0.1, 0.15) is 49.1 Å². The number of nitrogens with zero attached hydrogens (tertiary/aromatic N) is 4. The molecule has 1 fully saturated rings. The predicted octanol–water partition coefficient (Wildman–Crippen LogP) is 1.98. The van der Waals surface area contributed by atoms with Gasteiger partial charge in [-0.05, 0) is 30.0 Å². The van der Waals surface area contributed by atoms with E-state index in [0.717, 1.165) is 12.3 Å². The Labute approximate surface area is 238 Å². The molecule has 2 aliphatic heterocycles. The highest BCUT2D eigenvalue weighted by Gasteiger charge is 2.35. The van der Waals surface area contributed by atoms with E-state index >= 15 is 0 Å². The summed E-state index contributed by atoms with van der Waals surface area (Å²) in [6.45, 7) is 5.11. The molecule has 10 nitrogen and oxygen atoms in total. The topological polar surface area (TPSA) is 128 Å². The summed E-state index contributed by atoms with van der Waals surface area (Å²) in [4.78, 5) is 14.2. The molecule has 228 valence electrons. The van der Waals surface area contributed by atoms with Gasteiger partial charge in [-0.15, -0.1) is 0 Å². The van der Waals surface area contributed by atoms with Crippen LogP contribution in [0.25, 0.3) is 11.3 Å². The van der Waals surface area contributed by atoms with E-state index in [9.17, 15) is 36.6 Å². The predicted molar refractivity (Wildman–Crippen MR) is 146 cm³/mol. The minimum Gasteiger partial charge on any atom is -0.392 e. The number of sulfonamides is 1. The van der Waals surface area contributed by atoms with E-state index in [1.165, 1.54) is 16.4 Å². The summed E-state index contributed by atoms with van der Waals surface area (Å²) in [5, 5.41) is 27.8. The first-order valence-electron chi connectivity index (χ1n) is 13.7. The van der Waals surface area contributed by atoms with Crippen LogP contribution in [0.15, 0.2) is 18.2 Å². The lowest BCUT2D eigenvalue weighted by Gasteiger charge is -2.26. The Morgan fingerprint density at radius 3 is 2.56 bits per heavy atom. The Morgan fingerprint density at radius 2 is 1.95 bits per heavy atom. The lowest BCUT2D eigenvalue weighted by molar-refractivity contribution is -0.138. The zero-order valence-corrected chi connectivity index (χ0v) is 24.3. The quantitative estimate of drug-likeness (QED) is 0.380. The molecular formula is C27H38F3N5O5S. The molecule has 0 aliphatic carbocycles. The largest absolute Gasteiger partial charge is 0.416 e. The number of amides is 1. The summed E-state index contributed by atoms with van der Waals surface area (Å²) in [6, 6.07) is 3.60. The maximum Gasteiger partial charge on any atom is 0.416 e. The van der Waals surface area contributed by atoms with Crippen LogP contribution in [0.5, 0.6) is 0 Å². The molecular weight excluding hydrogens is 563 g/mol. The average molecular weight is 602 g/mol. The Morgan fingerprint density at radius 1 is 1.22 bits per heavy atom. The number of hydrogen-bond donors (Lipinski definition) is 3. The zero-order valence-electron chi connectivity index (χ0n) is 23.5. The van der Waals surface area contributed by atoms with Crippen molar-refractivity contribution < 1.29 is 36.6 Å². The molecule has 4 rings (SSSR count). The van der Waals surface area contributed by atoms with E-state index in [0.29, 0.717) is 55.0 Å². The Bertz CT molecular complexity index is 1360. The lowest BCUT2D eigenvalue weighted by atomic mass is 9.97. The number of halogens is 3. The van der Waals surface area contributed by atoms with Crippen molar-refractivity contribution in [3.8, 4) is 11.3 Å². The van der Waals surface area contributed by atoms with Gasteiger partial charge in [0.1, 0.15) is 0 Å². The number of benzene rings is 1. The number of aliphatic hydroxyl groups excluding tert-OH is 2. The summed E-state index contributed by atoms with van der Waals surface area (Å²) < 4.78 is 69.2. The van der Waals surface area contributed by atoms with Crippen LogP contribution in [-0.4, -0.2) is 88.2 Å². The molecule has 1 aromatic carbocycles. The molecule has 2 unspecified atom stereocenters. The SMILES string of the molecule is CC(C)CC(=O)NCc1cc(-c2nn(CC(O)CN3CCC(O)C3)c3c2CN(S(C)(=O)=O)CC3)ccc1C(F)(F)F. The normalized spacial score (nSPS) is 19.5. The van der Waals surface area contributed by atoms with Gasteiger partial charge in [0, 0.05) is 68.9 Å². The molecule has 2 aliphatic rings. The third kappa shape index (κ3) is 7.86. The number of hydrogen-bond acceptors (Lipinski definition) is 7. The fraction of sp³-hybridized carbons (Fsp3) is 0.630. The minimum absolute atomic E-state index is 0.000603. The Hall–Kier alpha value is -2.52. The number of β-amino-alcohol motifs (C(OH)–C–C–N with tert-alkyl or cyclic N) is 2. The van der Waals surface area contributed by atoms with Gasteiger partial charge in [0.05, 0.1) is 36.3 Å². The van der Waals surface area contributed by atoms with Crippen molar-refractivity contribution in [2.75, 3.05) is 32.4 Å². The molecule has 0 spiro atoms. The van der Waals surface area contributed by atoms with Crippen LogP contribution in [0.2, 0.25) is 0 Å². The third-order valence-corrected chi connectivity index (χ3v) is 8.67. The van der Waals surface area contributed by atoms with Crippen LogP contribution in [0, 0.1) is 5.92 Å². The monoisotopic (exact) mass is 601 g/mol. The van der Waals surface area contributed by atoms with Crippen molar-refractivity contribution in [1.29, 1.82) is 0 Å². The van der Waals surface area contributed by atoms with Gasteiger partial charge in [-0.2, -0.15) is 22.6 Å². The maximum absolute atomic E-state index is 13.9. The summed E-state index contributed by atoms with van der Waals surface area (Å²) in [7, 11) is -3.54. The molecule has 1 amide bonds. The van der Waals surface area contributed by atoms with Crippen LogP contribution >= 0.6 is 0 Å². The van der Waals surface area contributed by atoms with Gasteiger partial charge in [0.15, 0.2) is 0 Å². The van der Waals surface area contributed by atoms with Gasteiger partial charge in [-0.1, -0.05) is 19.9 Å². The first-order chi connectivity index (χ1) is 19.1. The first-order valence-corrected chi connectivity index (χ1v) is 15.6. The smallest absolute Gasteiger partial charge is 0.392 e. The number of fused-ring (bicyclic) bond motifs is 1. The van der Waals surface area contributed by atoms with Gasteiger partial charge in [-0.3, -0.25) is 14.4 Å². The zero-order chi connectivity index (χ0) is 30.1. The molecule has 1 aromatic heterocycles. The summed E-state index contributed by atoms with van der Waals surface area (Å²) in [5.74, 6) is -0.314. The van der Waals surface area contributed by atoms with Crippen LogP contribution in [0.3, 0.4) is 0 Å². The standard InChI is InChI=1S/C27H38F3N5O5S/c1-17(2)10-25(38)31-12-19-11-18(4-5-23(19)27(28,29)30)26-22-16-34(41(3,39)40)9-7-24(22)35(32-26)15-21(37)14-33-8-6-20(36)13-33/h4-5,11,17,20-21,36-37H,6-10,12-16H2,1-3H3,(H,31,38). The van der Waals surface area contributed by atoms with E-state index < -0.39 is 34.0 Å². The van der Waals surface area contributed by atoms with Crippen molar-refractivity contribution in [3.05, 3.63) is 40.6 Å². The molecule has 0 bridgehead atoms. The van der Waals surface area contributed by atoms with Crippen molar-refractivity contribution in [2.24, 2.45) is 5.92 Å². The van der Waals surface area contributed by atoms with Gasteiger partial charge in [0.25, 0.3) is 0 Å². The first kappa shape index (κ1) is 31.4. The van der Waals surface area contributed by atoms with E-state index in [4.69, 9.17) is 0 Å². The molecule has 14 heteroatoms. The van der Waals surface area contributed by atoms with Crippen molar-refractivity contribution in [3.63, 3.8) is 0 Å². The minimum atomic E-state index is -4.64. The summed E-state index contributed by atoms with van der Waals surface area (Å²) in [5.41, 5.74) is 0.973. The molecule has 3 heterocycles. The Kier molecular flexibility index (Phi) is 9.48. The van der Waals surface area contributed by atoms with Crippen LogP contribution in [0.4, 0.5) is 13.2 Å². The van der Waals surface area contributed by atoms with E-state index in [2.05, 4.69) is 10.4 Å². The number of rotatable bonds is 10. The second-order valence-electron chi connectivity index (χ2n) is 11.4. The number of aliphatic hydroxyl groups is 2. The number of aromatic nitrogens is 2. The van der Waals surface area contributed by atoms with Gasteiger partial charge in [-0.25, -0.2) is 8.42 Å². The fourth-order valence-electron chi connectivity index (χ4n) is 5.47. The molecule has 1 saturated heterocycles. The molecule has 0 radical (unpaired) electrons. The van der Waals surface area contributed by atoms with Crippen LogP contribution < -0.4 is 5.32 Å². The number of carbonyl (C=O) groups is 1. The number of alkyl halides is 3. The van der Waals surface area contributed by atoms with Crippen molar-refractivity contribution >= 4 is 15.9 Å². The summed E-state index contributed by atoms with van der Waals surface area (Å²) in [6.07, 6.45) is -3.67. The van der Waals surface area contributed by atoms with E-state index in [1.807, 2.05) is 18.7 Å². The van der Waals surface area contributed by atoms with Crippen molar-refractivity contribution in [1.82, 2.24) is 24.3 Å². The molecule has 3 N–H and O–H groups in total. The second kappa shape index (κ2) is 12.4. The van der Waals surface area contributed by atoms with E-state index in [-0.39, 0.29) is 50.0 Å². The highest BCUT2D eigenvalue weighted by Crippen LogP contribution is 2.37. The highest BCUT2D eigenvalue weighted by atomic mass is 32.2. The van der Waals surface area contributed by atoms with Gasteiger partial charge in [0.2, 0.25) is 15.9 Å². The Balaban J connectivity index is 1.69. The number of likely N-dealkylation sites (tertiary alicyclic amines) is 1. The van der Waals surface area contributed by atoms with Crippen molar-refractivity contribution in [2.45, 2.75) is 71.1 Å². The number of carbonyl (C=O) groups excluding carboxylic acids is 1. The summed E-state index contributed by atoms with van der Waals surface area (Å²) >= 11 is 0.